The number of fused-ring (bicyclic) bond motifs is 2. The minimum atomic E-state index is -0.594. The van der Waals surface area contributed by atoms with Crippen molar-refractivity contribution >= 4 is 17.3 Å². The largest absolute Gasteiger partial charge is 0.294 e. The van der Waals surface area contributed by atoms with E-state index in [4.69, 9.17) is 0 Å². The fourth-order valence-electron chi connectivity index (χ4n) is 2.94. The van der Waals surface area contributed by atoms with Crippen molar-refractivity contribution in [3.8, 4) is 0 Å². The van der Waals surface area contributed by atoms with Gasteiger partial charge in [-0.3, -0.25) is 19.7 Å². The molecule has 5 nitrogen and oxygen atoms in total. The molecule has 1 aromatic rings. The summed E-state index contributed by atoms with van der Waals surface area (Å²) in [5.74, 6) is -1.21. The van der Waals surface area contributed by atoms with Crippen molar-refractivity contribution in [3.63, 3.8) is 0 Å². The number of allylic oxidation sites excluding steroid dienone is 2. The summed E-state index contributed by atoms with van der Waals surface area (Å²) < 4.78 is 0. The summed E-state index contributed by atoms with van der Waals surface area (Å²) in [6, 6.07) is 4.25. The Kier molecular flexibility index (Phi) is 2.55. The number of nitrogens with zero attached hydrogens (tertiary/aromatic N) is 1. The third-order valence-corrected chi connectivity index (χ3v) is 3.86. The van der Waals surface area contributed by atoms with E-state index in [0.29, 0.717) is 12.8 Å². The molecule has 0 bridgehead atoms. The van der Waals surface area contributed by atoms with E-state index < -0.39 is 10.8 Å². The molecule has 0 aromatic heterocycles. The van der Waals surface area contributed by atoms with Gasteiger partial charge in [-0.05, 0) is 12.8 Å². The molecule has 0 radical (unpaired) electrons. The van der Waals surface area contributed by atoms with E-state index in [-0.39, 0.29) is 34.3 Å². The molecule has 0 saturated carbocycles. The Balaban J connectivity index is 2.22. The van der Waals surface area contributed by atoms with Gasteiger partial charge < -0.3 is 0 Å². The van der Waals surface area contributed by atoms with Crippen LogP contribution in [-0.2, 0) is 0 Å². The molecule has 2 aliphatic rings. The van der Waals surface area contributed by atoms with Gasteiger partial charge in [-0.1, -0.05) is 24.3 Å². The van der Waals surface area contributed by atoms with Crippen LogP contribution in [0.3, 0.4) is 0 Å². The minimum absolute atomic E-state index is 0.00551. The zero-order valence-corrected chi connectivity index (χ0v) is 10.0. The van der Waals surface area contributed by atoms with Crippen LogP contribution in [0.2, 0.25) is 0 Å². The maximum absolute atomic E-state index is 12.4. The predicted octanol–water partition coefficient (Wildman–Crippen LogP) is 2.56. The molecule has 2 unspecified atom stereocenters. The van der Waals surface area contributed by atoms with E-state index in [9.17, 15) is 19.7 Å². The summed E-state index contributed by atoms with van der Waals surface area (Å²) in [7, 11) is 0. The third-order valence-electron chi connectivity index (χ3n) is 3.86. The summed E-state index contributed by atoms with van der Waals surface area (Å²) in [6.07, 6.45) is 4.79. The normalized spacial score (nSPS) is 24.8. The molecular weight excluding hydrogens is 246 g/mol. The molecule has 0 aliphatic heterocycles. The van der Waals surface area contributed by atoms with Gasteiger partial charge in [0.05, 0.1) is 4.92 Å². The molecule has 3 rings (SSSR count). The second-order valence-electron chi connectivity index (χ2n) is 4.84. The smallest absolute Gasteiger partial charge is 0.280 e. The first-order chi connectivity index (χ1) is 9.11. The Morgan fingerprint density at radius 2 is 1.68 bits per heavy atom. The monoisotopic (exact) mass is 257 g/mol. The summed E-state index contributed by atoms with van der Waals surface area (Å²) in [4.78, 5) is 35.2. The van der Waals surface area contributed by atoms with Crippen molar-refractivity contribution in [3.05, 3.63) is 51.6 Å². The zero-order valence-electron chi connectivity index (χ0n) is 10.0. The van der Waals surface area contributed by atoms with Crippen LogP contribution < -0.4 is 0 Å². The maximum Gasteiger partial charge on any atom is 0.280 e. The van der Waals surface area contributed by atoms with E-state index in [1.54, 1.807) is 0 Å². The lowest BCUT2D eigenvalue weighted by atomic mass is 9.69. The average molecular weight is 257 g/mol. The highest BCUT2D eigenvalue weighted by Crippen LogP contribution is 2.40. The highest BCUT2D eigenvalue weighted by Gasteiger charge is 2.44. The number of ketones is 2. The number of benzene rings is 1. The number of carbonyl (C=O) groups excluding carboxylic acids is 2. The highest BCUT2D eigenvalue weighted by molar-refractivity contribution is 6.18. The topological polar surface area (TPSA) is 77.3 Å². The van der Waals surface area contributed by atoms with E-state index >= 15 is 0 Å². The lowest BCUT2D eigenvalue weighted by molar-refractivity contribution is -0.385. The quantitative estimate of drug-likeness (QED) is 0.440. The number of rotatable bonds is 1. The van der Waals surface area contributed by atoms with Crippen LogP contribution in [0.1, 0.15) is 33.6 Å². The van der Waals surface area contributed by atoms with Gasteiger partial charge in [-0.15, -0.1) is 0 Å². The number of carbonyl (C=O) groups is 2. The molecule has 19 heavy (non-hydrogen) atoms. The second-order valence-corrected chi connectivity index (χ2v) is 4.84. The Morgan fingerprint density at radius 3 is 2.32 bits per heavy atom. The van der Waals surface area contributed by atoms with Crippen LogP contribution in [0.15, 0.2) is 30.4 Å². The Labute approximate surface area is 109 Å². The lowest BCUT2D eigenvalue weighted by Gasteiger charge is -2.31. The fourth-order valence-corrected chi connectivity index (χ4v) is 2.94. The molecule has 0 saturated heterocycles. The van der Waals surface area contributed by atoms with Gasteiger partial charge in [0.15, 0.2) is 11.6 Å². The molecule has 0 fully saturated rings. The molecule has 0 N–H and O–H groups in total. The molecule has 0 heterocycles. The van der Waals surface area contributed by atoms with Gasteiger partial charge in [0, 0.05) is 23.5 Å². The van der Waals surface area contributed by atoms with Crippen LogP contribution >= 0.6 is 0 Å². The molecule has 2 aliphatic carbocycles. The summed E-state index contributed by atoms with van der Waals surface area (Å²) >= 11 is 0. The summed E-state index contributed by atoms with van der Waals surface area (Å²) in [5, 5.41) is 11.0. The molecule has 1 aromatic carbocycles. The van der Waals surface area contributed by atoms with Crippen LogP contribution in [0.25, 0.3) is 0 Å². The molecule has 2 atom stereocenters. The lowest BCUT2D eigenvalue weighted by Crippen LogP contribution is -2.37. The van der Waals surface area contributed by atoms with E-state index in [1.165, 1.54) is 18.2 Å². The standard InChI is InChI=1S/C14H11NO4/c16-13-8-4-1-2-5-9(8)14(17)12-10(13)6-3-7-11(12)15(18)19/h1-3,6-9H,4-5H2. The van der Waals surface area contributed by atoms with Crippen LogP contribution in [0.4, 0.5) is 5.69 Å². The number of hydrogen-bond acceptors (Lipinski definition) is 4. The summed E-state index contributed by atoms with van der Waals surface area (Å²) in [6.45, 7) is 0. The molecule has 5 heteroatoms. The SMILES string of the molecule is O=C1c2cccc([N+](=O)[O-])c2C(=O)C2CC=CCC12. The molecular formula is C14H11NO4. The molecule has 0 spiro atoms. The van der Waals surface area contributed by atoms with Crippen LogP contribution in [0.5, 0.6) is 0 Å². The first-order valence-electron chi connectivity index (χ1n) is 6.12. The van der Waals surface area contributed by atoms with E-state index in [0.717, 1.165) is 0 Å². The first-order valence-corrected chi connectivity index (χ1v) is 6.12. The zero-order chi connectivity index (χ0) is 13.6. The second kappa shape index (κ2) is 4.12. The van der Waals surface area contributed by atoms with Crippen molar-refractivity contribution in [2.45, 2.75) is 12.8 Å². The van der Waals surface area contributed by atoms with Gasteiger partial charge in [0.25, 0.3) is 5.69 Å². The average Bonchev–Trinajstić information content (AvgIpc) is 2.44. The number of nitro groups is 1. The maximum atomic E-state index is 12.4. The van der Waals surface area contributed by atoms with Crippen molar-refractivity contribution in [1.29, 1.82) is 0 Å². The van der Waals surface area contributed by atoms with Crippen molar-refractivity contribution < 1.29 is 14.5 Å². The first kappa shape index (κ1) is 11.8. The van der Waals surface area contributed by atoms with Crippen LogP contribution in [-0.4, -0.2) is 16.5 Å². The van der Waals surface area contributed by atoms with Crippen molar-refractivity contribution in [2.24, 2.45) is 11.8 Å². The number of Topliss-reactive ketones (excluding diaryl/α,β-unsaturated/α-hetero) is 2. The molecule has 96 valence electrons. The van der Waals surface area contributed by atoms with Gasteiger partial charge in [-0.25, -0.2) is 0 Å². The fraction of sp³-hybridized carbons (Fsp3) is 0.286. The van der Waals surface area contributed by atoms with Gasteiger partial charge >= 0.3 is 0 Å². The summed E-state index contributed by atoms with van der Waals surface area (Å²) in [5.41, 5.74) is -0.0614. The Hall–Kier alpha value is -2.30. The highest BCUT2D eigenvalue weighted by atomic mass is 16.6. The van der Waals surface area contributed by atoms with Crippen molar-refractivity contribution in [2.75, 3.05) is 0 Å². The van der Waals surface area contributed by atoms with E-state index in [1.807, 2.05) is 12.2 Å². The third kappa shape index (κ3) is 1.62. The van der Waals surface area contributed by atoms with Crippen LogP contribution in [0, 0.1) is 22.0 Å². The molecule has 0 amide bonds. The number of nitro benzene ring substituents is 1. The predicted molar refractivity (Wildman–Crippen MR) is 67.1 cm³/mol. The van der Waals surface area contributed by atoms with Gasteiger partial charge in [0.2, 0.25) is 0 Å². The van der Waals surface area contributed by atoms with Gasteiger partial charge in [-0.2, -0.15) is 0 Å². The Morgan fingerprint density at radius 1 is 1.05 bits per heavy atom. The van der Waals surface area contributed by atoms with Gasteiger partial charge in [0.1, 0.15) is 5.56 Å². The Bertz CT molecular complexity index is 632. The van der Waals surface area contributed by atoms with E-state index in [2.05, 4.69) is 0 Å². The number of hydrogen-bond donors (Lipinski definition) is 0. The van der Waals surface area contributed by atoms with Crippen molar-refractivity contribution in [1.82, 2.24) is 0 Å². The minimum Gasteiger partial charge on any atom is -0.294 e.